The van der Waals surface area contributed by atoms with Gasteiger partial charge in [-0.25, -0.2) is 4.21 Å². The standard InChI is InChI=1S/C9H12FNOS.CH4O/c10-13(12)7-9(11)6-8-4-2-1-3-5-8;1-2/h1-5,9H,6-7,11H2;2H,1H3. The smallest absolute Gasteiger partial charge is 0.200 e. The number of hydrogen-bond donors (Lipinski definition) is 2. The third-order valence-corrected chi connectivity index (χ3v) is 2.38. The van der Waals surface area contributed by atoms with Crippen LogP contribution < -0.4 is 5.73 Å². The second-order valence-corrected chi connectivity index (χ2v) is 3.82. The van der Waals surface area contributed by atoms with Crippen LogP contribution in [-0.2, 0) is 17.6 Å². The Labute approximate surface area is 91.9 Å². The minimum absolute atomic E-state index is 0.0884. The van der Waals surface area contributed by atoms with E-state index in [2.05, 4.69) is 0 Å². The second kappa shape index (κ2) is 8.52. The van der Waals surface area contributed by atoms with Crippen molar-refractivity contribution in [3.05, 3.63) is 35.9 Å². The van der Waals surface area contributed by atoms with Crippen LogP contribution in [-0.4, -0.2) is 28.2 Å². The van der Waals surface area contributed by atoms with Crippen molar-refractivity contribution in [2.24, 2.45) is 5.73 Å². The quantitative estimate of drug-likeness (QED) is 0.756. The fourth-order valence-corrected chi connectivity index (χ4v) is 1.60. The molecule has 0 fully saturated rings. The molecule has 0 saturated carbocycles. The van der Waals surface area contributed by atoms with E-state index in [1.54, 1.807) is 0 Å². The molecule has 0 aliphatic carbocycles. The third kappa shape index (κ3) is 7.18. The summed E-state index contributed by atoms with van der Waals surface area (Å²) in [5.74, 6) is -0.0884. The Morgan fingerprint density at radius 1 is 1.40 bits per heavy atom. The summed E-state index contributed by atoms with van der Waals surface area (Å²) in [6.45, 7) is 0. The molecule has 2 unspecified atom stereocenters. The molecule has 2 atom stereocenters. The van der Waals surface area contributed by atoms with Crippen LogP contribution in [0.1, 0.15) is 5.56 Å². The van der Waals surface area contributed by atoms with Crippen LogP contribution in [0.25, 0.3) is 0 Å². The van der Waals surface area contributed by atoms with Crippen molar-refractivity contribution in [3.8, 4) is 0 Å². The molecule has 3 nitrogen and oxygen atoms in total. The van der Waals surface area contributed by atoms with E-state index >= 15 is 0 Å². The van der Waals surface area contributed by atoms with Crippen molar-refractivity contribution in [1.29, 1.82) is 0 Å². The monoisotopic (exact) mass is 233 g/mol. The lowest BCUT2D eigenvalue weighted by Crippen LogP contribution is -2.28. The van der Waals surface area contributed by atoms with E-state index in [0.717, 1.165) is 12.7 Å². The van der Waals surface area contributed by atoms with E-state index in [-0.39, 0.29) is 11.8 Å². The molecule has 5 heteroatoms. The number of nitrogens with two attached hydrogens (primary N) is 1. The van der Waals surface area contributed by atoms with Crippen LogP contribution in [0.3, 0.4) is 0 Å². The maximum Gasteiger partial charge on any atom is 0.200 e. The van der Waals surface area contributed by atoms with E-state index in [1.165, 1.54) is 0 Å². The van der Waals surface area contributed by atoms with Crippen molar-refractivity contribution in [2.45, 2.75) is 12.5 Å². The SMILES string of the molecule is CO.NC(Cc1ccccc1)CS(=O)F. The number of aliphatic hydroxyl groups excluding tert-OH is 1. The summed E-state index contributed by atoms with van der Waals surface area (Å²) in [5.41, 5.74) is 6.62. The zero-order chi connectivity index (χ0) is 11.7. The number of hydrogen-bond acceptors (Lipinski definition) is 3. The van der Waals surface area contributed by atoms with E-state index in [1.807, 2.05) is 30.3 Å². The average Bonchev–Trinajstić information content (AvgIpc) is 2.21. The lowest BCUT2D eigenvalue weighted by atomic mass is 10.1. The molecule has 86 valence electrons. The maximum atomic E-state index is 12.0. The molecule has 0 radical (unpaired) electrons. The minimum Gasteiger partial charge on any atom is -0.400 e. The number of rotatable bonds is 4. The van der Waals surface area contributed by atoms with Crippen molar-refractivity contribution in [2.75, 3.05) is 12.9 Å². The van der Waals surface area contributed by atoms with Gasteiger partial charge in [0.1, 0.15) is 0 Å². The first-order valence-electron chi connectivity index (χ1n) is 4.47. The third-order valence-electron chi connectivity index (χ3n) is 1.69. The fourth-order valence-electron chi connectivity index (χ4n) is 1.14. The first kappa shape index (κ1) is 14.2. The summed E-state index contributed by atoms with van der Waals surface area (Å²) >= 11 is -2.29. The van der Waals surface area contributed by atoms with Gasteiger partial charge in [-0.3, -0.25) is 0 Å². The topological polar surface area (TPSA) is 63.3 Å². The first-order valence-corrected chi connectivity index (χ1v) is 5.69. The molecule has 0 bridgehead atoms. The molecular formula is C10H16FNO2S. The van der Waals surface area contributed by atoms with Crippen LogP contribution in [0.15, 0.2) is 30.3 Å². The van der Waals surface area contributed by atoms with Crippen LogP contribution in [0.4, 0.5) is 3.89 Å². The zero-order valence-electron chi connectivity index (χ0n) is 8.60. The highest BCUT2D eigenvalue weighted by Gasteiger charge is 2.07. The molecule has 0 saturated heterocycles. The largest absolute Gasteiger partial charge is 0.400 e. The van der Waals surface area contributed by atoms with Gasteiger partial charge in [-0.05, 0) is 12.0 Å². The van der Waals surface area contributed by atoms with E-state index in [0.29, 0.717) is 6.42 Å². The Kier molecular flexibility index (Phi) is 8.08. The number of halogens is 1. The van der Waals surface area contributed by atoms with Gasteiger partial charge in [-0.2, -0.15) is 0 Å². The van der Waals surface area contributed by atoms with Gasteiger partial charge in [0, 0.05) is 13.2 Å². The van der Waals surface area contributed by atoms with Gasteiger partial charge in [0.15, 0.2) is 11.2 Å². The van der Waals surface area contributed by atoms with E-state index in [4.69, 9.17) is 10.8 Å². The van der Waals surface area contributed by atoms with Crippen LogP contribution in [0, 0.1) is 0 Å². The highest BCUT2D eigenvalue weighted by molar-refractivity contribution is 7.79. The average molecular weight is 233 g/mol. The first-order chi connectivity index (χ1) is 7.18. The molecular weight excluding hydrogens is 217 g/mol. The van der Waals surface area contributed by atoms with Crippen LogP contribution in [0.2, 0.25) is 0 Å². The highest BCUT2D eigenvalue weighted by Crippen LogP contribution is 2.02. The van der Waals surface area contributed by atoms with Crippen molar-refractivity contribution < 1.29 is 13.2 Å². The molecule has 0 heterocycles. The molecule has 0 spiro atoms. The molecule has 15 heavy (non-hydrogen) atoms. The molecule has 1 rings (SSSR count). The summed E-state index contributed by atoms with van der Waals surface area (Å²) in [4.78, 5) is 0. The minimum atomic E-state index is -2.29. The van der Waals surface area contributed by atoms with Gasteiger partial charge >= 0.3 is 0 Å². The van der Waals surface area contributed by atoms with Crippen LogP contribution in [0.5, 0.6) is 0 Å². The van der Waals surface area contributed by atoms with Gasteiger partial charge in [0.05, 0.1) is 5.75 Å². The summed E-state index contributed by atoms with van der Waals surface area (Å²) in [5, 5.41) is 7.00. The predicted molar refractivity (Wildman–Crippen MR) is 60.4 cm³/mol. The van der Waals surface area contributed by atoms with Crippen LogP contribution >= 0.6 is 0 Å². The zero-order valence-corrected chi connectivity index (χ0v) is 9.41. The highest BCUT2D eigenvalue weighted by atomic mass is 32.2. The van der Waals surface area contributed by atoms with E-state index < -0.39 is 11.2 Å². The van der Waals surface area contributed by atoms with Gasteiger partial charge in [-0.15, -0.1) is 3.89 Å². The molecule has 1 aromatic rings. The molecule has 0 aromatic heterocycles. The molecule has 1 aromatic carbocycles. The summed E-state index contributed by atoms with van der Waals surface area (Å²) in [6, 6.07) is 9.17. The Bertz CT molecular complexity index is 282. The van der Waals surface area contributed by atoms with Gasteiger partial charge in [-0.1, -0.05) is 30.3 Å². The summed E-state index contributed by atoms with van der Waals surface area (Å²) in [7, 11) is 1.00. The van der Waals surface area contributed by atoms with Crippen molar-refractivity contribution in [1.82, 2.24) is 0 Å². The normalized spacial score (nSPS) is 13.6. The molecule has 0 aliphatic rings. The fraction of sp³-hybridized carbons (Fsp3) is 0.400. The Morgan fingerprint density at radius 3 is 2.40 bits per heavy atom. The van der Waals surface area contributed by atoms with Gasteiger partial charge in [0.25, 0.3) is 0 Å². The molecule has 0 aliphatic heterocycles. The Morgan fingerprint density at radius 2 is 1.93 bits per heavy atom. The lowest BCUT2D eigenvalue weighted by molar-refractivity contribution is 0.399. The summed E-state index contributed by atoms with van der Waals surface area (Å²) < 4.78 is 22.3. The predicted octanol–water partition coefficient (Wildman–Crippen LogP) is 0.798. The molecule has 3 N–H and O–H groups in total. The molecule has 0 amide bonds. The maximum absolute atomic E-state index is 12.0. The number of aliphatic hydroxyl groups is 1. The van der Waals surface area contributed by atoms with Crippen molar-refractivity contribution in [3.63, 3.8) is 0 Å². The lowest BCUT2D eigenvalue weighted by Gasteiger charge is -2.07. The van der Waals surface area contributed by atoms with Crippen molar-refractivity contribution >= 4 is 11.2 Å². The van der Waals surface area contributed by atoms with Gasteiger partial charge < -0.3 is 10.8 Å². The van der Waals surface area contributed by atoms with E-state index in [9.17, 15) is 8.09 Å². The summed E-state index contributed by atoms with van der Waals surface area (Å²) in [6.07, 6.45) is 0.566. The second-order valence-electron chi connectivity index (χ2n) is 2.91. The Hall–Kier alpha value is -0.780. The number of benzene rings is 1. The Balaban J connectivity index is 0.000000921. The van der Waals surface area contributed by atoms with Gasteiger partial charge in [0.2, 0.25) is 0 Å².